The molecule has 0 aromatic heterocycles. The largest absolute Gasteiger partial charge is 0.479 e. The Balaban J connectivity index is 2.29. The maximum Gasteiger partial charge on any atom is 0.267 e. The third-order valence-electron chi connectivity index (χ3n) is 3.14. The van der Waals surface area contributed by atoms with Gasteiger partial charge < -0.3 is 20.5 Å². The molecule has 0 aliphatic carbocycles. The maximum atomic E-state index is 12.2. The van der Waals surface area contributed by atoms with Gasteiger partial charge in [-0.2, -0.15) is 0 Å². The van der Waals surface area contributed by atoms with Crippen LogP contribution in [0.15, 0.2) is 18.2 Å². The fourth-order valence-corrected chi connectivity index (χ4v) is 2.04. The first-order valence-corrected chi connectivity index (χ1v) is 6.38. The molecule has 0 saturated carbocycles. The van der Waals surface area contributed by atoms with Crippen molar-refractivity contribution in [3.63, 3.8) is 0 Å². The van der Waals surface area contributed by atoms with E-state index in [0.29, 0.717) is 30.1 Å². The molecule has 2 rings (SSSR count). The zero-order chi connectivity index (χ0) is 14.2. The summed E-state index contributed by atoms with van der Waals surface area (Å²) in [6, 6.07) is 5.23. The molecular formula is C14H20N2O3. The summed E-state index contributed by atoms with van der Waals surface area (Å²) >= 11 is 0. The molecule has 1 aliphatic rings. The predicted octanol–water partition coefficient (Wildman–Crippen LogP) is 1.54. The number of carbonyl (C=O) groups excluding carboxylic acids is 1. The minimum Gasteiger partial charge on any atom is -0.479 e. The zero-order valence-electron chi connectivity index (χ0n) is 11.5. The summed E-state index contributed by atoms with van der Waals surface area (Å²) < 4.78 is 5.55. The number of hydrogen-bond acceptors (Lipinski definition) is 4. The van der Waals surface area contributed by atoms with Gasteiger partial charge in [0.05, 0.1) is 11.3 Å². The van der Waals surface area contributed by atoms with Crippen molar-refractivity contribution in [1.82, 2.24) is 0 Å². The predicted molar refractivity (Wildman–Crippen MR) is 74.2 cm³/mol. The minimum absolute atomic E-state index is 0.0958. The Morgan fingerprint density at radius 3 is 2.79 bits per heavy atom. The van der Waals surface area contributed by atoms with Crippen molar-refractivity contribution in [1.29, 1.82) is 0 Å². The summed E-state index contributed by atoms with van der Waals surface area (Å²) in [5.74, 6) is 0.518. The van der Waals surface area contributed by atoms with E-state index in [1.807, 2.05) is 0 Å². The Morgan fingerprint density at radius 1 is 1.47 bits per heavy atom. The highest BCUT2D eigenvalue weighted by atomic mass is 16.5. The Hall–Kier alpha value is -1.75. The molecule has 0 fully saturated rings. The first-order valence-electron chi connectivity index (χ1n) is 6.38. The van der Waals surface area contributed by atoms with Gasteiger partial charge >= 0.3 is 0 Å². The topological polar surface area (TPSA) is 75.8 Å². The van der Waals surface area contributed by atoms with Gasteiger partial charge in [-0.1, -0.05) is 0 Å². The molecule has 104 valence electrons. The standard InChI is InChI=1S/C14H20N2O3/c1-9-13(17)16(7-6-14(2,3)18)11-5-4-10(15)8-12(11)19-9/h4-5,8-9,18H,6-7,15H2,1-3H3. The Kier molecular flexibility index (Phi) is 3.41. The molecule has 0 bridgehead atoms. The van der Waals surface area contributed by atoms with Gasteiger partial charge in [0, 0.05) is 18.3 Å². The van der Waals surface area contributed by atoms with Crippen LogP contribution in [-0.2, 0) is 4.79 Å². The zero-order valence-corrected chi connectivity index (χ0v) is 11.5. The number of hydrogen-bond donors (Lipinski definition) is 2. The second kappa shape index (κ2) is 4.74. The molecule has 5 nitrogen and oxygen atoms in total. The molecule has 0 spiro atoms. The number of carbonyl (C=O) groups is 1. The van der Waals surface area contributed by atoms with Crippen molar-refractivity contribution in [2.75, 3.05) is 17.2 Å². The van der Waals surface area contributed by atoms with E-state index in [1.54, 1.807) is 43.9 Å². The van der Waals surface area contributed by atoms with E-state index in [-0.39, 0.29) is 5.91 Å². The van der Waals surface area contributed by atoms with E-state index >= 15 is 0 Å². The lowest BCUT2D eigenvalue weighted by molar-refractivity contribution is -0.125. The molecular weight excluding hydrogens is 244 g/mol. The number of fused-ring (bicyclic) bond motifs is 1. The monoisotopic (exact) mass is 264 g/mol. The van der Waals surface area contributed by atoms with E-state index in [1.165, 1.54) is 0 Å². The number of aliphatic hydroxyl groups is 1. The number of ether oxygens (including phenoxy) is 1. The van der Waals surface area contributed by atoms with Crippen LogP contribution in [0.3, 0.4) is 0 Å². The maximum absolute atomic E-state index is 12.2. The van der Waals surface area contributed by atoms with E-state index in [9.17, 15) is 9.90 Å². The lowest BCUT2D eigenvalue weighted by atomic mass is 10.0. The summed E-state index contributed by atoms with van der Waals surface area (Å²) in [5, 5.41) is 9.80. The van der Waals surface area contributed by atoms with Crippen LogP contribution in [-0.4, -0.2) is 29.3 Å². The number of anilines is 2. The van der Waals surface area contributed by atoms with Gasteiger partial charge in [-0.15, -0.1) is 0 Å². The lowest BCUT2D eigenvalue weighted by Gasteiger charge is -2.34. The first kappa shape index (κ1) is 13.7. The highest BCUT2D eigenvalue weighted by Crippen LogP contribution is 2.35. The minimum atomic E-state index is -0.810. The number of nitrogens with two attached hydrogens (primary N) is 1. The third-order valence-corrected chi connectivity index (χ3v) is 3.14. The van der Waals surface area contributed by atoms with E-state index in [0.717, 1.165) is 0 Å². The Labute approximate surface area is 113 Å². The van der Waals surface area contributed by atoms with Crippen LogP contribution in [0.25, 0.3) is 0 Å². The highest BCUT2D eigenvalue weighted by Gasteiger charge is 2.32. The first-order chi connectivity index (χ1) is 8.78. The van der Waals surface area contributed by atoms with Crippen molar-refractivity contribution in [2.24, 2.45) is 0 Å². The Bertz CT molecular complexity index is 494. The summed E-state index contributed by atoms with van der Waals surface area (Å²) in [4.78, 5) is 13.8. The molecule has 5 heteroatoms. The van der Waals surface area contributed by atoms with Crippen LogP contribution < -0.4 is 15.4 Å². The highest BCUT2D eigenvalue weighted by molar-refractivity contribution is 6.00. The summed E-state index contributed by atoms with van der Waals surface area (Å²) in [5.41, 5.74) is 6.23. The van der Waals surface area contributed by atoms with Crippen molar-refractivity contribution >= 4 is 17.3 Å². The van der Waals surface area contributed by atoms with Gasteiger partial charge in [0.2, 0.25) is 0 Å². The van der Waals surface area contributed by atoms with Gasteiger partial charge in [0.15, 0.2) is 6.10 Å². The number of benzene rings is 1. The van der Waals surface area contributed by atoms with Gasteiger partial charge in [-0.25, -0.2) is 0 Å². The normalized spacial score (nSPS) is 19.1. The molecule has 1 aromatic rings. The second-order valence-corrected chi connectivity index (χ2v) is 5.54. The Morgan fingerprint density at radius 2 is 2.16 bits per heavy atom. The van der Waals surface area contributed by atoms with Crippen LogP contribution >= 0.6 is 0 Å². The van der Waals surface area contributed by atoms with Crippen molar-refractivity contribution in [2.45, 2.75) is 38.9 Å². The fraction of sp³-hybridized carbons (Fsp3) is 0.500. The average Bonchev–Trinajstić information content (AvgIpc) is 2.28. The smallest absolute Gasteiger partial charge is 0.267 e. The summed E-state index contributed by atoms with van der Waals surface area (Å²) in [6.45, 7) is 5.62. The molecule has 19 heavy (non-hydrogen) atoms. The summed E-state index contributed by atoms with van der Waals surface area (Å²) in [7, 11) is 0. The number of amides is 1. The fourth-order valence-electron chi connectivity index (χ4n) is 2.04. The molecule has 0 saturated heterocycles. The van der Waals surface area contributed by atoms with Crippen LogP contribution in [0.2, 0.25) is 0 Å². The number of nitrogens with zero attached hydrogens (tertiary/aromatic N) is 1. The van der Waals surface area contributed by atoms with E-state index in [4.69, 9.17) is 10.5 Å². The summed E-state index contributed by atoms with van der Waals surface area (Å²) in [6.07, 6.45) is -0.0361. The van der Waals surface area contributed by atoms with Crippen LogP contribution in [0.4, 0.5) is 11.4 Å². The molecule has 1 atom stereocenters. The molecule has 1 amide bonds. The SMILES string of the molecule is CC1Oc2cc(N)ccc2N(CCC(C)(C)O)C1=O. The van der Waals surface area contributed by atoms with Crippen LogP contribution in [0.1, 0.15) is 27.2 Å². The molecule has 1 unspecified atom stereocenters. The van der Waals surface area contributed by atoms with Crippen molar-refractivity contribution in [3.05, 3.63) is 18.2 Å². The molecule has 1 aliphatic heterocycles. The second-order valence-electron chi connectivity index (χ2n) is 5.54. The van der Waals surface area contributed by atoms with Gasteiger partial charge in [-0.05, 0) is 39.3 Å². The van der Waals surface area contributed by atoms with E-state index in [2.05, 4.69) is 0 Å². The molecule has 0 radical (unpaired) electrons. The molecule has 3 N–H and O–H groups in total. The number of rotatable bonds is 3. The molecule has 1 aromatic carbocycles. The van der Waals surface area contributed by atoms with Crippen molar-refractivity contribution in [3.8, 4) is 5.75 Å². The average molecular weight is 264 g/mol. The van der Waals surface area contributed by atoms with Crippen LogP contribution in [0.5, 0.6) is 5.75 Å². The van der Waals surface area contributed by atoms with Gasteiger partial charge in [-0.3, -0.25) is 4.79 Å². The van der Waals surface area contributed by atoms with Gasteiger partial charge in [0.1, 0.15) is 5.75 Å². The molecule has 1 heterocycles. The van der Waals surface area contributed by atoms with Crippen molar-refractivity contribution < 1.29 is 14.6 Å². The third kappa shape index (κ3) is 2.98. The van der Waals surface area contributed by atoms with E-state index < -0.39 is 11.7 Å². The van der Waals surface area contributed by atoms with Gasteiger partial charge in [0.25, 0.3) is 5.91 Å². The quantitative estimate of drug-likeness (QED) is 0.812. The van der Waals surface area contributed by atoms with Crippen LogP contribution in [0, 0.1) is 0 Å². The lowest BCUT2D eigenvalue weighted by Crippen LogP contribution is -2.46. The number of nitrogen functional groups attached to an aromatic ring is 1.